The highest BCUT2D eigenvalue weighted by Crippen LogP contribution is 2.44. The summed E-state index contributed by atoms with van der Waals surface area (Å²) in [5.41, 5.74) is 6.65. The predicted octanol–water partition coefficient (Wildman–Crippen LogP) is 6.60. The van der Waals surface area contributed by atoms with Gasteiger partial charge in [0.1, 0.15) is 19.3 Å². The number of thiazole rings is 1. The van der Waals surface area contributed by atoms with Crippen molar-refractivity contribution in [1.82, 2.24) is 10.3 Å². The molecule has 0 aliphatic heterocycles. The predicted molar refractivity (Wildman–Crippen MR) is 151 cm³/mol. The Morgan fingerprint density at radius 3 is 2.37 bits per heavy atom. The molecule has 3 aromatic carbocycles. The summed E-state index contributed by atoms with van der Waals surface area (Å²) >= 11 is 1.51. The Kier molecular flexibility index (Phi) is 7.56. The van der Waals surface area contributed by atoms with Crippen LogP contribution in [0.1, 0.15) is 47.4 Å². The van der Waals surface area contributed by atoms with Crippen molar-refractivity contribution in [3.63, 3.8) is 0 Å². The van der Waals surface area contributed by atoms with Gasteiger partial charge in [-0.3, -0.25) is 0 Å². The van der Waals surface area contributed by atoms with E-state index in [0.29, 0.717) is 5.92 Å². The lowest BCUT2D eigenvalue weighted by Crippen LogP contribution is -2.44. The molecule has 7 heteroatoms. The molecule has 0 radical (unpaired) electrons. The van der Waals surface area contributed by atoms with E-state index in [1.807, 2.05) is 30.3 Å². The first kappa shape index (κ1) is 25.7. The highest BCUT2D eigenvalue weighted by molar-refractivity contribution is 7.18. The number of carbonyl (C=O) groups is 2. The van der Waals surface area contributed by atoms with Gasteiger partial charge < -0.3 is 14.8 Å². The Labute approximate surface area is 226 Å². The number of nitrogens with one attached hydrogen (secondary N) is 1. The molecule has 5 rings (SSSR count). The minimum atomic E-state index is -0.935. The fraction of sp³-hybridized carbons (Fsp3) is 0.258. The number of alkyl carbamates (subject to hydrolysis) is 1. The summed E-state index contributed by atoms with van der Waals surface area (Å²) in [5.74, 6) is -0.221. The van der Waals surface area contributed by atoms with E-state index in [0.717, 1.165) is 37.5 Å². The minimum Gasteiger partial charge on any atom is -0.460 e. The molecule has 0 bridgehead atoms. The van der Waals surface area contributed by atoms with Gasteiger partial charge in [0.2, 0.25) is 0 Å². The smallest absolute Gasteiger partial charge is 0.407 e. The van der Waals surface area contributed by atoms with Crippen molar-refractivity contribution in [2.75, 3.05) is 13.2 Å². The van der Waals surface area contributed by atoms with Crippen LogP contribution in [-0.2, 0) is 20.7 Å². The second-order valence-electron chi connectivity index (χ2n) is 9.63. The zero-order valence-corrected chi connectivity index (χ0v) is 22.3. The number of fused-ring (bicyclic) bond motifs is 4. The Morgan fingerprint density at radius 1 is 1.03 bits per heavy atom. The second kappa shape index (κ2) is 11.2. The molecule has 0 fully saturated rings. The highest BCUT2D eigenvalue weighted by Gasteiger charge is 2.30. The van der Waals surface area contributed by atoms with Crippen LogP contribution in [0.2, 0.25) is 0 Å². The maximum atomic E-state index is 12.9. The molecule has 4 aromatic rings. The first-order chi connectivity index (χ1) is 18.4. The molecule has 1 aromatic heterocycles. The van der Waals surface area contributed by atoms with E-state index in [1.165, 1.54) is 23.0 Å². The first-order valence-electron chi connectivity index (χ1n) is 12.7. The molecular weight excluding hydrogens is 496 g/mol. The fourth-order valence-electron chi connectivity index (χ4n) is 4.83. The van der Waals surface area contributed by atoms with E-state index < -0.39 is 18.1 Å². The maximum absolute atomic E-state index is 12.9. The van der Waals surface area contributed by atoms with Crippen LogP contribution < -0.4 is 5.32 Å². The van der Waals surface area contributed by atoms with Crippen LogP contribution in [0.15, 0.2) is 79.4 Å². The molecule has 38 heavy (non-hydrogen) atoms. The van der Waals surface area contributed by atoms with Gasteiger partial charge in [-0.2, -0.15) is 0 Å². The monoisotopic (exact) mass is 526 g/mol. The van der Waals surface area contributed by atoms with E-state index in [-0.39, 0.29) is 25.6 Å². The van der Waals surface area contributed by atoms with Crippen molar-refractivity contribution in [3.05, 3.63) is 101 Å². The van der Waals surface area contributed by atoms with Gasteiger partial charge in [0.15, 0.2) is 0 Å². The van der Waals surface area contributed by atoms with Crippen molar-refractivity contribution in [2.24, 2.45) is 0 Å². The summed E-state index contributed by atoms with van der Waals surface area (Å²) in [4.78, 5) is 30.4. The number of rotatable bonds is 9. The van der Waals surface area contributed by atoms with Crippen LogP contribution in [0.4, 0.5) is 4.79 Å². The third-order valence-corrected chi connectivity index (χ3v) is 7.81. The number of esters is 1. The fourth-order valence-corrected chi connectivity index (χ4v) is 5.89. The Bertz CT molecular complexity index is 1450. The Hall–Kier alpha value is -3.97. The van der Waals surface area contributed by atoms with Crippen LogP contribution in [0, 0.1) is 0 Å². The minimum absolute atomic E-state index is 0.0549. The van der Waals surface area contributed by atoms with Crippen LogP contribution in [-0.4, -0.2) is 36.3 Å². The lowest BCUT2D eigenvalue weighted by Gasteiger charge is -2.18. The van der Waals surface area contributed by atoms with Gasteiger partial charge in [0.05, 0.1) is 15.2 Å². The van der Waals surface area contributed by atoms with E-state index in [9.17, 15) is 9.59 Å². The van der Waals surface area contributed by atoms with Crippen LogP contribution in [0.25, 0.3) is 21.3 Å². The molecule has 1 amide bonds. The van der Waals surface area contributed by atoms with Crippen molar-refractivity contribution >= 4 is 33.6 Å². The number of benzene rings is 3. The van der Waals surface area contributed by atoms with Gasteiger partial charge in [-0.25, -0.2) is 14.6 Å². The molecule has 6 nitrogen and oxygen atoms in total. The molecule has 1 N–H and O–H groups in total. The lowest BCUT2D eigenvalue weighted by molar-refractivity contribution is -0.144. The normalized spacial score (nSPS) is 13.1. The quantitative estimate of drug-likeness (QED) is 0.196. The average Bonchev–Trinajstić information content (AvgIpc) is 3.48. The third kappa shape index (κ3) is 5.34. The summed E-state index contributed by atoms with van der Waals surface area (Å²) in [6, 6.07) is 21.6. The SMILES string of the molecule is C=CCOC(=O)[C@H](Cc1nc2ccc(C(C)C)cc2s1)NC(=O)OCC1c2ccccc2-c2ccccc21. The summed E-state index contributed by atoms with van der Waals surface area (Å²) in [6.45, 7) is 8.11. The van der Waals surface area contributed by atoms with Crippen molar-refractivity contribution < 1.29 is 19.1 Å². The Balaban J connectivity index is 1.30. The number of hydrogen-bond acceptors (Lipinski definition) is 6. The van der Waals surface area contributed by atoms with Gasteiger partial charge in [0, 0.05) is 12.3 Å². The standard InChI is InChI=1S/C31H30N2O4S/c1-4-15-36-30(34)27(17-29-32-26-14-13-20(19(2)3)16-28(26)38-29)33-31(35)37-18-25-23-11-7-5-9-21(23)22-10-6-8-12-24(22)25/h4-14,16,19,25,27H,1,15,17-18H2,2-3H3,(H,33,35)/t27-/m0/s1. The van der Waals surface area contributed by atoms with Crippen LogP contribution in [0.3, 0.4) is 0 Å². The number of hydrogen-bond donors (Lipinski definition) is 1. The average molecular weight is 527 g/mol. The number of amides is 1. The maximum Gasteiger partial charge on any atom is 0.407 e. The molecule has 0 unspecified atom stereocenters. The second-order valence-corrected chi connectivity index (χ2v) is 10.7. The zero-order valence-electron chi connectivity index (χ0n) is 21.5. The molecule has 194 valence electrons. The molecule has 1 atom stereocenters. The first-order valence-corrected chi connectivity index (χ1v) is 13.5. The van der Waals surface area contributed by atoms with Crippen molar-refractivity contribution in [3.8, 4) is 11.1 Å². The lowest BCUT2D eigenvalue weighted by atomic mass is 9.98. The zero-order chi connectivity index (χ0) is 26.6. The van der Waals surface area contributed by atoms with E-state index >= 15 is 0 Å². The number of nitrogens with zero attached hydrogens (tertiary/aromatic N) is 1. The largest absolute Gasteiger partial charge is 0.460 e. The van der Waals surface area contributed by atoms with Gasteiger partial charge in [-0.05, 0) is 45.9 Å². The molecule has 1 heterocycles. The molecule has 0 spiro atoms. The summed E-state index contributed by atoms with van der Waals surface area (Å²) in [5, 5.41) is 3.45. The van der Waals surface area contributed by atoms with Gasteiger partial charge >= 0.3 is 12.1 Å². The van der Waals surface area contributed by atoms with Crippen LogP contribution in [0.5, 0.6) is 0 Å². The van der Waals surface area contributed by atoms with Crippen LogP contribution >= 0.6 is 11.3 Å². The van der Waals surface area contributed by atoms with E-state index in [4.69, 9.17) is 9.47 Å². The van der Waals surface area contributed by atoms with Crippen molar-refractivity contribution in [2.45, 2.75) is 38.1 Å². The van der Waals surface area contributed by atoms with E-state index in [2.05, 4.69) is 67.1 Å². The third-order valence-electron chi connectivity index (χ3n) is 6.77. The van der Waals surface area contributed by atoms with Gasteiger partial charge in [-0.15, -0.1) is 11.3 Å². The van der Waals surface area contributed by atoms with Gasteiger partial charge in [0.25, 0.3) is 0 Å². The molecule has 0 saturated carbocycles. The number of carbonyl (C=O) groups excluding carboxylic acids is 2. The number of aromatic nitrogens is 1. The molecule has 1 aliphatic rings. The van der Waals surface area contributed by atoms with Gasteiger partial charge in [-0.1, -0.05) is 81.1 Å². The van der Waals surface area contributed by atoms with E-state index in [1.54, 1.807) is 0 Å². The molecule has 1 aliphatic carbocycles. The Morgan fingerprint density at radius 2 is 1.71 bits per heavy atom. The topological polar surface area (TPSA) is 77.5 Å². The summed E-state index contributed by atoms with van der Waals surface area (Å²) < 4.78 is 12.0. The molecular formula is C31H30N2O4S. The highest BCUT2D eigenvalue weighted by atomic mass is 32.1. The molecule has 0 saturated heterocycles. The summed E-state index contributed by atoms with van der Waals surface area (Å²) in [6.07, 6.45) is 1.03. The summed E-state index contributed by atoms with van der Waals surface area (Å²) in [7, 11) is 0. The number of ether oxygens (including phenoxy) is 2. The van der Waals surface area contributed by atoms with Crippen molar-refractivity contribution in [1.29, 1.82) is 0 Å².